The molecule has 1 saturated carbocycles. The van der Waals surface area contributed by atoms with Gasteiger partial charge >= 0.3 is 0 Å². The van der Waals surface area contributed by atoms with Gasteiger partial charge in [0.15, 0.2) is 0 Å². The molecule has 5 heteroatoms. The van der Waals surface area contributed by atoms with Gasteiger partial charge in [0.05, 0.1) is 12.2 Å². The summed E-state index contributed by atoms with van der Waals surface area (Å²) in [7, 11) is 0. The highest BCUT2D eigenvalue weighted by molar-refractivity contribution is 5.88. The van der Waals surface area contributed by atoms with Gasteiger partial charge in [-0.2, -0.15) is 0 Å². The molecular formula is C20H31N3O2. The van der Waals surface area contributed by atoms with E-state index in [0.29, 0.717) is 24.8 Å². The Kier molecular flexibility index (Phi) is 7.41. The van der Waals surface area contributed by atoms with Crippen LogP contribution in [0.2, 0.25) is 0 Å². The summed E-state index contributed by atoms with van der Waals surface area (Å²) in [5.74, 6) is 0.992. The second-order valence-corrected chi connectivity index (χ2v) is 7.69. The van der Waals surface area contributed by atoms with Crippen LogP contribution in [0.3, 0.4) is 0 Å². The molecule has 138 valence electrons. The van der Waals surface area contributed by atoms with E-state index in [1.54, 1.807) is 6.20 Å². The van der Waals surface area contributed by atoms with Gasteiger partial charge < -0.3 is 10.6 Å². The fourth-order valence-corrected chi connectivity index (χ4v) is 3.32. The SMILES string of the molecule is CC(C)CC(NC(=O)C1CCC(C)CC1)C(=O)NCc1ccccn1. The van der Waals surface area contributed by atoms with Crippen molar-refractivity contribution in [1.82, 2.24) is 15.6 Å². The summed E-state index contributed by atoms with van der Waals surface area (Å²) in [6.45, 7) is 6.74. The standard InChI is InChI=1S/C20H31N3O2/c1-14(2)12-18(20(25)22-13-17-6-4-5-11-21-17)23-19(24)16-9-7-15(3)8-10-16/h4-6,11,14-16,18H,7-10,12-13H2,1-3H3,(H,22,25)(H,23,24). The van der Waals surface area contributed by atoms with Crippen molar-refractivity contribution in [2.45, 2.75) is 65.5 Å². The molecule has 1 heterocycles. The zero-order valence-corrected chi connectivity index (χ0v) is 15.6. The number of hydrogen-bond acceptors (Lipinski definition) is 3. The Balaban J connectivity index is 1.90. The van der Waals surface area contributed by atoms with E-state index < -0.39 is 6.04 Å². The van der Waals surface area contributed by atoms with Gasteiger partial charge in [-0.25, -0.2) is 0 Å². The minimum absolute atomic E-state index is 0.0329. The Hall–Kier alpha value is -1.91. The molecule has 1 aliphatic rings. The molecule has 2 rings (SSSR count). The van der Waals surface area contributed by atoms with Crippen LogP contribution in [0.1, 0.15) is 58.6 Å². The van der Waals surface area contributed by atoms with Crippen LogP contribution in [0.25, 0.3) is 0 Å². The fraction of sp³-hybridized carbons (Fsp3) is 0.650. The number of amides is 2. The summed E-state index contributed by atoms with van der Waals surface area (Å²) >= 11 is 0. The fourth-order valence-electron chi connectivity index (χ4n) is 3.32. The van der Waals surface area contributed by atoms with Crippen LogP contribution in [0, 0.1) is 17.8 Å². The molecule has 1 aliphatic carbocycles. The molecule has 1 unspecified atom stereocenters. The van der Waals surface area contributed by atoms with E-state index in [2.05, 4.69) is 36.4 Å². The largest absolute Gasteiger partial charge is 0.349 e. The van der Waals surface area contributed by atoms with Crippen LogP contribution in [0.15, 0.2) is 24.4 Å². The van der Waals surface area contributed by atoms with Crippen molar-refractivity contribution >= 4 is 11.8 Å². The Morgan fingerprint density at radius 2 is 1.92 bits per heavy atom. The number of hydrogen-bond donors (Lipinski definition) is 2. The smallest absolute Gasteiger partial charge is 0.242 e. The number of aromatic nitrogens is 1. The average molecular weight is 345 g/mol. The Morgan fingerprint density at radius 1 is 1.20 bits per heavy atom. The van der Waals surface area contributed by atoms with Crippen LogP contribution >= 0.6 is 0 Å². The Bertz CT molecular complexity index is 551. The molecule has 5 nitrogen and oxygen atoms in total. The predicted octanol–water partition coefficient (Wildman–Crippen LogP) is 3.06. The molecule has 0 aromatic carbocycles. The highest BCUT2D eigenvalue weighted by Gasteiger charge is 2.28. The third-order valence-corrected chi connectivity index (χ3v) is 4.90. The highest BCUT2D eigenvalue weighted by atomic mass is 16.2. The molecule has 1 aromatic rings. The number of nitrogens with one attached hydrogen (secondary N) is 2. The first-order chi connectivity index (χ1) is 12.0. The van der Waals surface area contributed by atoms with E-state index in [4.69, 9.17) is 0 Å². The van der Waals surface area contributed by atoms with Gasteiger partial charge in [-0.1, -0.05) is 26.8 Å². The molecule has 0 radical (unpaired) electrons. The lowest BCUT2D eigenvalue weighted by Gasteiger charge is -2.27. The second kappa shape index (κ2) is 9.54. The minimum Gasteiger partial charge on any atom is -0.349 e. The van der Waals surface area contributed by atoms with Gasteiger partial charge in [-0.15, -0.1) is 0 Å². The zero-order valence-electron chi connectivity index (χ0n) is 15.6. The molecular weight excluding hydrogens is 314 g/mol. The number of carbonyl (C=O) groups excluding carboxylic acids is 2. The van der Waals surface area contributed by atoms with Crippen LogP contribution < -0.4 is 10.6 Å². The highest BCUT2D eigenvalue weighted by Crippen LogP contribution is 2.28. The summed E-state index contributed by atoms with van der Waals surface area (Å²) in [6.07, 6.45) is 6.40. The maximum atomic E-state index is 12.6. The molecule has 0 saturated heterocycles. The number of carbonyl (C=O) groups is 2. The van der Waals surface area contributed by atoms with Crippen molar-refractivity contribution in [1.29, 1.82) is 0 Å². The summed E-state index contributed by atoms with van der Waals surface area (Å²) in [5.41, 5.74) is 0.812. The van der Waals surface area contributed by atoms with Crippen LogP contribution in [-0.4, -0.2) is 22.8 Å². The minimum atomic E-state index is -0.476. The first-order valence-electron chi connectivity index (χ1n) is 9.43. The van der Waals surface area contributed by atoms with Crippen molar-refractivity contribution in [3.63, 3.8) is 0 Å². The van der Waals surface area contributed by atoms with E-state index >= 15 is 0 Å². The quantitative estimate of drug-likeness (QED) is 0.798. The molecule has 25 heavy (non-hydrogen) atoms. The van der Waals surface area contributed by atoms with E-state index in [0.717, 1.165) is 31.4 Å². The van der Waals surface area contributed by atoms with Crippen LogP contribution in [0.5, 0.6) is 0 Å². The Labute approximate surface area is 151 Å². The van der Waals surface area contributed by atoms with E-state index in [9.17, 15) is 9.59 Å². The summed E-state index contributed by atoms with van der Waals surface area (Å²) < 4.78 is 0. The number of rotatable bonds is 7. The lowest BCUT2D eigenvalue weighted by atomic mass is 9.82. The van der Waals surface area contributed by atoms with E-state index in [-0.39, 0.29) is 17.7 Å². The summed E-state index contributed by atoms with van der Waals surface area (Å²) in [4.78, 5) is 29.4. The van der Waals surface area contributed by atoms with Gasteiger partial charge in [0.25, 0.3) is 0 Å². The molecule has 0 spiro atoms. The van der Waals surface area contributed by atoms with Crippen LogP contribution in [0.4, 0.5) is 0 Å². The van der Waals surface area contributed by atoms with Crippen LogP contribution in [-0.2, 0) is 16.1 Å². The van der Waals surface area contributed by atoms with Gasteiger partial charge in [-0.05, 0) is 56.1 Å². The maximum absolute atomic E-state index is 12.6. The average Bonchev–Trinajstić information content (AvgIpc) is 2.60. The second-order valence-electron chi connectivity index (χ2n) is 7.69. The molecule has 1 fully saturated rings. The number of pyridine rings is 1. The molecule has 0 bridgehead atoms. The van der Waals surface area contributed by atoms with E-state index in [1.165, 1.54) is 0 Å². The Morgan fingerprint density at radius 3 is 2.52 bits per heavy atom. The van der Waals surface area contributed by atoms with Crippen molar-refractivity contribution in [2.24, 2.45) is 17.8 Å². The molecule has 1 aromatic heterocycles. The third-order valence-electron chi connectivity index (χ3n) is 4.90. The normalized spacial score (nSPS) is 21.6. The maximum Gasteiger partial charge on any atom is 0.242 e. The zero-order chi connectivity index (χ0) is 18.2. The van der Waals surface area contributed by atoms with Gasteiger partial charge in [-0.3, -0.25) is 14.6 Å². The van der Waals surface area contributed by atoms with Gasteiger partial charge in [0.1, 0.15) is 6.04 Å². The lowest BCUT2D eigenvalue weighted by Crippen LogP contribution is -2.49. The first-order valence-corrected chi connectivity index (χ1v) is 9.43. The van der Waals surface area contributed by atoms with Crippen molar-refractivity contribution in [3.05, 3.63) is 30.1 Å². The van der Waals surface area contributed by atoms with E-state index in [1.807, 2.05) is 18.2 Å². The van der Waals surface area contributed by atoms with Crippen molar-refractivity contribution < 1.29 is 9.59 Å². The molecule has 0 aliphatic heterocycles. The summed E-state index contributed by atoms with van der Waals surface area (Å²) in [6, 6.07) is 5.14. The molecule has 2 amide bonds. The van der Waals surface area contributed by atoms with Gasteiger partial charge in [0.2, 0.25) is 11.8 Å². The molecule has 2 N–H and O–H groups in total. The van der Waals surface area contributed by atoms with Gasteiger partial charge in [0, 0.05) is 12.1 Å². The first kappa shape index (κ1) is 19.4. The van der Waals surface area contributed by atoms with Crippen molar-refractivity contribution in [2.75, 3.05) is 0 Å². The third kappa shape index (κ3) is 6.48. The lowest BCUT2D eigenvalue weighted by molar-refractivity contribution is -0.132. The number of nitrogens with zero attached hydrogens (tertiary/aromatic N) is 1. The predicted molar refractivity (Wildman–Crippen MR) is 98.6 cm³/mol. The topological polar surface area (TPSA) is 71.1 Å². The summed E-state index contributed by atoms with van der Waals surface area (Å²) in [5, 5.41) is 5.90. The monoisotopic (exact) mass is 345 g/mol. The van der Waals surface area contributed by atoms with Crippen molar-refractivity contribution in [3.8, 4) is 0 Å². The molecule has 1 atom stereocenters.